The number of hydrogen-bond acceptors (Lipinski definition) is 1. The molecule has 0 aliphatic heterocycles. The lowest BCUT2D eigenvalue weighted by molar-refractivity contribution is -0.138. The number of rotatable bonds is 3. The van der Waals surface area contributed by atoms with Crippen molar-refractivity contribution >= 4 is 21.9 Å². The largest absolute Gasteiger partial charge is 0.481 e. The normalized spacial score (nSPS) is 12.4. The van der Waals surface area contributed by atoms with E-state index in [0.29, 0.717) is 5.33 Å². The predicted octanol–water partition coefficient (Wildman–Crippen LogP) is 2.25. The van der Waals surface area contributed by atoms with E-state index in [0.717, 1.165) is 5.56 Å². The van der Waals surface area contributed by atoms with Crippen LogP contribution in [-0.4, -0.2) is 16.4 Å². The molecule has 0 bridgehead atoms. The molecule has 0 heterocycles. The SMILES string of the molecule is O=C(O)[C@H](CBr)c1ccccc1. The number of hydrogen-bond donors (Lipinski definition) is 1. The lowest BCUT2D eigenvalue weighted by Crippen LogP contribution is -2.12. The van der Waals surface area contributed by atoms with Crippen molar-refractivity contribution < 1.29 is 9.90 Å². The Bertz CT molecular complexity index is 258. The number of benzene rings is 1. The van der Waals surface area contributed by atoms with Crippen LogP contribution in [0.4, 0.5) is 0 Å². The van der Waals surface area contributed by atoms with E-state index in [1.807, 2.05) is 30.3 Å². The van der Waals surface area contributed by atoms with Gasteiger partial charge in [-0.3, -0.25) is 4.79 Å². The minimum absolute atomic E-state index is 0.439. The van der Waals surface area contributed by atoms with Crippen LogP contribution in [0.1, 0.15) is 11.5 Å². The van der Waals surface area contributed by atoms with E-state index in [-0.39, 0.29) is 0 Å². The molecular formula is C9H9BrO2. The average Bonchev–Trinajstić information content (AvgIpc) is 2.07. The Morgan fingerprint density at radius 2 is 2.00 bits per heavy atom. The Balaban J connectivity index is 2.88. The van der Waals surface area contributed by atoms with Crippen molar-refractivity contribution in [1.29, 1.82) is 0 Å². The molecule has 0 amide bonds. The summed E-state index contributed by atoms with van der Waals surface area (Å²) >= 11 is 3.17. The lowest BCUT2D eigenvalue weighted by atomic mass is 10.0. The molecule has 0 aromatic heterocycles. The first kappa shape index (κ1) is 9.26. The van der Waals surface area contributed by atoms with Crippen LogP contribution < -0.4 is 0 Å². The summed E-state index contributed by atoms with van der Waals surface area (Å²) in [5.74, 6) is -1.23. The fraction of sp³-hybridized carbons (Fsp3) is 0.222. The Kier molecular flexibility index (Phi) is 3.29. The third-order valence-electron chi connectivity index (χ3n) is 1.65. The van der Waals surface area contributed by atoms with Gasteiger partial charge in [0.05, 0.1) is 5.92 Å². The third-order valence-corrected chi connectivity index (χ3v) is 2.30. The second-order valence-corrected chi connectivity index (χ2v) is 3.10. The first-order chi connectivity index (χ1) is 5.75. The Morgan fingerprint density at radius 1 is 1.42 bits per heavy atom. The summed E-state index contributed by atoms with van der Waals surface area (Å²) in [5, 5.41) is 9.25. The first-order valence-corrected chi connectivity index (χ1v) is 4.71. The molecule has 64 valence electrons. The second-order valence-electron chi connectivity index (χ2n) is 2.46. The number of carboxylic acids is 1. The maximum Gasteiger partial charge on any atom is 0.311 e. The molecule has 12 heavy (non-hydrogen) atoms. The van der Waals surface area contributed by atoms with E-state index in [2.05, 4.69) is 15.9 Å². The van der Waals surface area contributed by atoms with Gasteiger partial charge in [-0.25, -0.2) is 0 Å². The van der Waals surface area contributed by atoms with Crippen LogP contribution in [-0.2, 0) is 4.79 Å². The second kappa shape index (κ2) is 4.26. The van der Waals surface area contributed by atoms with E-state index in [4.69, 9.17) is 5.11 Å². The molecule has 1 atom stereocenters. The number of carbonyl (C=O) groups is 1. The summed E-state index contributed by atoms with van der Waals surface area (Å²) in [5.41, 5.74) is 0.835. The zero-order chi connectivity index (χ0) is 8.97. The molecule has 1 aromatic rings. The van der Waals surface area contributed by atoms with Gasteiger partial charge >= 0.3 is 5.97 Å². The average molecular weight is 229 g/mol. The van der Waals surface area contributed by atoms with E-state index >= 15 is 0 Å². The third kappa shape index (κ3) is 2.08. The molecule has 0 fully saturated rings. The van der Waals surface area contributed by atoms with Gasteiger partial charge in [-0.15, -0.1) is 0 Å². The highest BCUT2D eigenvalue weighted by atomic mass is 79.9. The molecule has 0 aliphatic carbocycles. The van der Waals surface area contributed by atoms with Crippen LogP contribution >= 0.6 is 15.9 Å². The summed E-state index contributed by atoms with van der Waals surface area (Å²) in [6.45, 7) is 0. The quantitative estimate of drug-likeness (QED) is 0.807. The number of carboxylic acid groups (broad SMARTS) is 1. The van der Waals surface area contributed by atoms with Gasteiger partial charge in [-0.1, -0.05) is 46.3 Å². The van der Waals surface area contributed by atoms with Crippen LogP contribution in [0.15, 0.2) is 30.3 Å². The summed E-state index contributed by atoms with van der Waals surface area (Å²) in [6.07, 6.45) is 0. The van der Waals surface area contributed by atoms with Gasteiger partial charge in [0, 0.05) is 5.33 Å². The van der Waals surface area contributed by atoms with Gasteiger partial charge in [0.25, 0.3) is 0 Å². The summed E-state index contributed by atoms with van der Waals surface area (Å²) in [4.78, 5) is 10.7. The van der Waals surface area contributed by atoms with Crippen molar-refractivity contribution in [2.75, 3.05) is 5.33 Å². The van der Waals surface area contributed by atoms with Crippen molar-refractivity contribution in [2.24, 2.45) is 0 Å². The number of halogens is 1. The van der Waals surface area contributed by atoms with Crippen LogP contribution in [0, 0.1) is 0 Å². The Hall–Kier alpha value is -0.830. The monoisotopic (exact) mass is 228 g/mol. The van der Waals surface area contributed by atoms with Gasteiger partial charge in [-0.2, -0.15) is 0 Å². The van der Waals surface area contributed by atoms with Crippen LogP contribution in [0.25, 0.3) is 0 Å². The van der Waals surface area contributed by atoms with Crippen molar-refractivity contribution in [3.05, 3.63) is 35.9 Å². The molecular weight excluding hydrogens is 220 g/mol. The molecule has 3 heteroatoms. The minimum Gasteiger partial charge on any atom is -0.481 e. The highest BCUT2D eigenvalue weighted by Gasteiger charge is 2.17. The van der Waals surface area contributed by atoms with Crippen LogP contribution in [0.2, 0.25) is 0 Å². The molecule has 0 saturated heterocycles. The molecule has 0 radical (unpaired) electrons. The van der Waals surface area contributed by atoms with E-state index in [1.165, 1.54) is 0 Å². The van der Waals surface area contributed by atoms with E-state index in [9.17, 15) is 4.79 Å². The summed E-state index contributed by atoms with van der Waals surface area (Å²) in [7, 11) is 0. The molecule has 1 rings (SSSR count). The van der Waals surface area contributed by atoms with Gasteiger partial charge in [-0.05, 0) is 5.56 Å². The summed E-state index contributed by atoms with van der Waals surface area (Å²) in [6, 6.07) is 9.19. The van der Waals surface area contributed by atoms with Gasteiger partial charge in [0.1, 0.15) is 0 Å². The molecule has 1 aromatic carbocycles. The highest BCUT2D eigenvalue weighted by molar-refractivity contribution is 9.09. The van der Waals surface area contributed by atoms with Crippen molar-refractivity contribution in [2.45, 2.75) is 5.92 Å². The fourth-order valence-corrected chi connectivity index (χ4v) is 1.63. The van der Waals surface area contributed by atoms with Crippen molar-refractivity contribution in [3.8, 4) is 0 Å². The highest BCUT2D eigenvalue weighted by Crippen LogP contribution is 2.17. The lowest BCUT2D eigenvalue weighted by Gasteiger charge is -2.07. The molecule has 0 unspecified atom stereocenters. The van der Waals surface area contributed by atoms with E-state index < -0.39 is 11.9 Å². The fourth-order valence-electron chi connectivity index (χ4n) is 0.983. The van der Waals surface area contributed by atoms with Crippen LogP contribution in [0.5, 0.6) is 0 Å². The predicted molar refractivity (Wildman–Crippen MR) is 50.6 cm³/mol. The maximum atomic E-state index is 10.7. The standard InChI is InChI=1S/C9H9BrO2/c10-6-8(9(11)12)7-4-2-1-3-5-7/h1-5,8H,6H2,(H,11,12)/t8-/m1/s1. The molecule has 0 spiro atoms. The smallest absolute Gasteiger partial charge is 0.311 e. The number of aliphatic carboxylic acids is 1. The first-order valence-electron chi connectivity index (χ1n) is 3.59. The molecule has 1 N–H and O–H groups in total. The topological polar surface area (TPSA) is 37.3 Å². The zero-order valence-electron chi connectivity index (χ0n) is 6.40. The molecule has 0 aliphatic rings. The van der Waals surface area contributed by atoms with Crippen molar-refractivity contribution in [3.63, 3.8) is 0 Å². The minimum atomic E-state index is -0.793. The van der Waals surface area contributed by atoms with Gasteiger partial charge in [0.15, 0.2) is 0 Å². The van der Waals surface area contributed by atoms with E-state index in [1.54, 1.807) is 0 Å². The Labute approximate surface area is 79.3 Å². The summed E-state index contributed by atoms with van der Waals surface area (Å²) < 4.78 is 0. The molecule has 2 nitrogen and oxygen atoms in total. The number of alkyl halides is 1. The van der Waals surface area contributed by atoms with Crippen LogP contribution in [0.3, 0.4) is 0 Å². The van der Waals surface area contributed by atoms with Gasteiger partial charge in [0.2, 0.25) is 0 Å². The maximum absolute atomic E-state index is 10.7. The zero-order valence-corrected chi connectivity index (χ0v) is 7.99. The van der Waals surface area contributed by atoms with Gasteiger partial charge < -0.3 is 5.11 Å². The Morgan fingerprint density at radius 3 is 2.42 bits per heavy atom. The molecule has 0 saturated carbocycles. The van der Waals surface area contributed by atoms with Crippen molar-refractivity contribution in [1.82, 2.24) is 0 Å².